The van der Waals surface area contributed by atoms with E-state index in [2.05, 4.69) is 25.9 Å². The van der Waals surface area contributed by atoms with Crippen LogP contribution < -0.4 is 4.74 Å². The van der Waals surface area contributed by atoms with Crippen molar-refractivity contribution in [3.63, 3.8) is 0 Å². The Balaban J connectivity index is 2.13. The Bertz CT molecular complexity index is 534. The van der Waals surface area contributed by atoms with Crippen LogP contribution in [0, 0.1) is 6.92 Å². The molecule has 0 fully saturated rings. The first kappa shape index (κ1) is 12.3. The van der Waals surface area contributed by atoms with E-state index in [0.717, 1.165) is 15.9 Å². The molecule has 0 radical (unpaired) electrons. The molecule has 17 heavy (non-hydrogen) atoms. The summed E-state index contributed by atoms with van der Waals surface area (Å²) in [5, 5.41) is 0.623. The summed E-state index contributed by atoms with van der Waals surface area (Å²) < 4.78 is 6.40. The molecule has 2 rings (SSSR count). The minimum Gasteiger partial charge on any atom is -0.486 e. The number of halogens is 2. The van der Waals surface area contributed by atoms with E-state index in [0.29, 0.717) is 17.4 Å². The molecule has 5 heteroatoms. The highest BCUT2D eigenvalue weighted by atomic mass is 79.9. The van der Waals surface area contributed by atoms with Gasteiger partial charge in [-0.2, -0.15) is 0 Å². The molecule has 1 heterocycles. The Morgan fingerprint density at radius 1 is 1.29 bits per heavy atom. The molecule has 0 aliphatic carbocycles. The Morgan fingerprint density at radius 2 is 2.06 bits per heavy atom. The van der Waals surface area contributed by atoms with Gasteiger partial charge in [-0.3, -0.25) is 9.97 Å². The molecule has 88 valence electrons. The first-order valence-electron chi connectivity index (χ1n) is 5.02. The molecule has 0 atom stereocenters. The lowest BCUT2D eigenvalue weighted by Gasteiger charge is -2.09. The van der Waals surface area contributed by atoms with Gasteiger partial charge in [-0.05, 0) is 35.0 Å². The smallest absolute Gasteiger partial charge is 0.135 e. The van der Waals surface area contributed by atoms with Crippen molar-refractivity contribution in [2.24, 2.45) is 0 Å². The summed E-state index contributed by atoms with van der Waals surface area (Å²) in [5.74, 6) is 0.697. The molecule has 0 spiro atoms. The fraction of sp³-hybridized carbons (Fsp3) is 0.167. The molecule has 0 N–H and O–H groups in total. The second-order valence-electron chi connectivity index (χ2n) is 3.43. The predicted molar refractivity (Wildman–Crippen MR) is 70.3 cm³/mol. The lowest BCUT2D eigenvalue weighted by molar-refractivity contribution is 0.298. The third-order valence-corrected chi connectivity index (χ3v) is 3.62. The maximum absolute atomic E-state index is 5.97. The lowest BCUT2D eigenvalue weighted by Crippen LogP contribution is -2.02. The molecule has 0 amide bonds. The topological polar surface area (TPSA) is 35.0 Å². The Kier molecular flexibility index (Phi) is 3.97. The van der Waals surface area contributed by atoms with Crippen molar-refractivity contribution in [1.29, 1.82) is 0 Å². The Morgan fingerprint density at radius 3 is 2.82 bits per heavy atom. The van der Waals surface area contributed by atoms with Crippen molar-refractivity contribution >= 4 is 27.5 Å². The Hall–Kier alpha value is -1.13. The van der Waals surface area contributed by atoms with Crippen LogP contribution in [-0.4, -0.2) is 9.97 Å². The van der Waals surface area contributed by atoms with Gasteiger partial charge in [0.25, 0.3) is 0 Å². The summed E-state index contributed by atoms with van der Waals surface area (Å²) in [6.07, 6.45) is 3.31. The van der Waals surface area contributed by atoms with Crippen LogP contribution in [0.15, 0.2) is 35.1 Å². The van der Waals surface area contributed by atoms with Crippen LogP contribution in [0.2, 0.25) is 5.02 Å². The molecular formula is C12H10BrClN2O. The van der Waals surface area contributed by atoms with Gasteiger partial charge in [-0.15, -0.1) is 0 Å². The molecule has 3 nitrogen and oxygen atoms in total. The number of rotatable bonds is 3. The Labute approximate surface area is 113 Å². The number of hydrogen-bond donors (Lipinski definition) is 0. The minimum absolute atomic E-state index is 0.374. The largest absolute Gasteiger partial charge is 0.486 e. The molecule has 0 aliphatic rings. The van der Waals surface area contributed by atoms with E-state index in [-0.39, 0.29) is 0 Å². The summed E-state index contributed by atoms with van der Waals surface area (Å²) in [6.45, 7) is 2.28. The molecule has 0 saturated carbocycles. The highest BCUT2D eigenvalue weighted by Gasteiger charge is 2.06. The average Bonchev–Trinajstić information content (AvgIpc) is 2.33. The number of benzene rings is 1. The van der Waals surface area contributed by atoms with Gasteiger partial charge < -0.3 is 4.74 Å². The van der Waals surface area contributed by atoms with Gasteiger partial charge in [0, 0.05) is 12.4 Å². The van der Waals surface area contributed by atoms with Gasteiger partial charge in [0.05, 0.1) is 20.9 Å². The zero-order chi connectivity index (χ0) is 12.3. The number of ether oxygens (including phenoxy) is 1. The molecule has 1 aromatic carbocycles. The zero-order valence-electron chi connectivity index (χ0n) is 9.15. The van der Waals surface area contributed by atoms with Crippen molar-refractivity contribution in [1.82, 2.24) is 9.97 Å². The van der Waals surface area contributed by atoms with E-state index >= 15 is 0 Å². The number of nitrogens with zero attached hydrogens (tertiary/aromatic N) is 2. The van der Waals surface area contributed by atoms with Crippen LogP contribution in [-0.2, 0) is 6.61 Å². The summed E-state index contributed by atoms with van der Waals surface area (Å²) >= 11 is 9.35. The first-order valence-corrected chi connectivity index (χ1v) is 6.19. The van der Waals surface area contributed by atoms with Gasteiger partial charge in [0.2, 0.25) is 0 Å². The predicted octanol–water partition coefficient (Wildman–Crippen LogP) is 3.78. The molecule has 0 unspecified atom stereocenters. The third-order valence-electron chi connectivity index (χ3n) is 2.26. The van der Waals surface area contributed by atoms with Crippen molar-refractivity contribution in [2.75, 3.05) is 0 Å². The van der Waals surface area contributed by atoms with E-state index in [4.69, 9.17) is 16.3 Å². The van der Waals surface area contributed by atoms with Crippen LogP contribution in [0.3, 0.4) is 0 Å². The summed E-state index contributed by atoms with van der Waals surface area (Å²) in [6, 6.07) is 5.49. The van der Waals surface area contributed by atoms with Crippen LogP contribution >= 0.6 is 27.5 Å². The summed E-state index contributed by atoms with van der Waals surface area (Å²) in [4.78, 5) is 8.36. The molecule has 2 aromatic rings. The van der Waals surface area contributed by atoms with Gasteiger partial charge in [0.1, 0.15) is 12.4 Å². The highest BCUT2D eigenvalue weighted by molar-refractivity contribution is 9.10. The van der Waals surface area contributed by atoms with E-state index in [1.807, 2.05) is 19.1 Å². The molecule has 0 saturated heterocycles. The number of aromatic nitrogens is 2. The maximum Gasteiger partial charge on any atom is 0.135 e. The van der Waals surface area contributed by atoms with E-state index in [1.165, 1.54) is 0 Å². The first-order chi connectivity index (χ1) is 8.18. The van der Waals surface area contributed by atoms with Gasteiger partial charge in [-0.1, -0.05) is 17.7 Å². The van der Waals surface area contributed by atoms with E-state index < -0.39 is 0 Å². The SMILES string of the molecule is Cc1nccnc1COc1cccc(Cl)c1Br. The fourth-order valence-electron chi connectivity index (χ4n) is 1.32. The quantitative estimate of drug-likeness (QED) is 0.865. The van der Waals surface area contributed by atoms with Crippen LogP contribution in [0.5, 0.6) is 5.75 Å². The van der Waals surface area contributed by atoms with Crippen molar-refractivity contribution < 1.29 is 4.74 Å². The standard InChI is InChI=1S/C12H10BrClN2O/c1-8-10(16-6-5-15-8)7-17-11-4-2-3-9(14)12(11)13/h2-6H,7H2,1H3. The molecule has 0 aliphatic heterocycles. The second kappa shape index (κ2) is 5.47. The van der Waals surface area contributed by atoms with Crippen LogP contribution in [0.1, 0.15) is 11.4 Å². The van der Waals surface area contributed by atoms with Gasteiger partial charge in [0.15, 0.2) is 0 Å². The molecule has 0 bridgehead atoms. The van der Waals surface area contributed by atoms with E-state index in [9.17, 15) is 0 Å². The summed E-state index contributed by atoms with van der Waals surface area (Å²) in [7, 11) is 0. The van der Waals surface area contributed by atoms with Gasteiger partial charge >= 0.3 is 0 Å². The molecule has 1 aromatic heterocycles. The number of aryl methyl sites for hydroxylation is 1. The zero-order valence-corrected chi connectivity index (χ0v) is 11.5. The monoisotopic (exact) mass is 312 g/mol. The van der Waals surface area contributed by atoms with E-state index in [1.54, 1.807) is 18.5 Å². The summed E-state index contributed by atoms with van der Waals surface area (Å²) in [5.41, 5.74) is 1.69. The van der Waals surface area contributed by atoms with Gasteiger partial charge in [-0.25, -0.2) is 0 Å². The number of hydrogen-bond acceptors (Lipinski definition) is 3. The van der Waals surface area contributed by atoms with Crippen molar-refractivity contribution in [2.45, 2.75) is 13.5 Å². The second-order valence-corrected chi connectivity index (χ2v) is 4.63. The normalized spacial score (nSPS) is 10.3. The van der Waals surface area contributed by atoms with Crippen molar-refractivity contribution in [3.05, 3.63) is 51.5 Å². The van der Waals surface area contributed by atoms with Crippen molar-refractivity contribution in [3.8, 4) is 5.75 Å². The van der Waals surface area contributed by atoms with Crippen LogP contribution in [0.4, 0.5) is 0 Å². The van der Waals surface area contributed by atoms with Crippen LogP contribution in [0.25, 0.3) is 0 Å². The fourth-order valence-corrected chi connectivity index (χ4v) is 1.86. The average molecular weight is 314 g/mol. The maximum atomic E-state index is 5.97. The minimum atomic E-state index is 0.374. The third kappa shape index (κ3) is 2.96. The lowest BCUT2D eigenvalue weighted by atomic mass is 10.3. The molecular weight excluding hydrogens is 304 g/mol. The highest BCUT2D eigenvalue weighted by Crippen LogP contribution is 2.32.